The van der Waals surface area contributed by atoms with Gasteiger partial charge in [-0.1, -0.05) is 19.9 Å². The third-order valence-electron chi connectivity index (χ3n) is 4.69. The minimum Gasteiger partial charge on any atom is -0.381 e. The van der Waals surface area contributed by atoms with Gasteiger partial charge >= 0.3 is 0 Å². The molecule has 114 valence electrons. The molecule has 1 atom stereocenters. The molecule has 1 unspecified atom stereocenters. The maximum absolute atomic E-state index is 11.9. The summed E-state index contributed by atoms with van der Waals surface area (Å²) in [5.41, 5.74) is 2.49. The van der Waals surface area contributed by atoms with Crippen LogP contribution < -0.4 is 10.2 Å². The van der Waals surface area contributed by atoms with Crippen LogP contribution in [-0.2, 0) is 4.79 Å². The highest BCUT2D eigenvalue weighted by Crippen LogP contribution is 2.36. The van der Waals surface area contributed by atoms with Crippen LogP contribution in [-0.4, -0.2) is 30.0 Å². The van der Waals surface area contributed by atoms with Crippen molar-refractivity contribution >= 4 is 29.0 Å². The number of carbonyl (C=O) groups is 1. The minimum absolute atomic E-state index is 0.251. The molecule has 0 aliphatic carbocycles. The molecule has 1 aromatic rings. The van der Waals surface area contributed by atoms with Gasteiger partial charge in [0.25, 0.3) is 0 Å². The topological polar surface area (TPSA) is 32.3 Å². The zero-order chi connectivity index (χ0) is 14.9. The van der Waals surface area contributed by atoms with Crippen molar-refractivity contribution in [2.45, 2.75) is 39.2 Å². The van der Waals surface area contributed by atoms with Crippen LogP contribution in [0.4, 0.5) is 11.4 Å². The maximum Gasteiger partial charge on any atom is 0.227 e. The van der Waals surface area contributed by atoms with E-state index in [-0.39, 0.29) is 5.91 Å². The van der Waals surface area contributed by atoms with Gasteiger partial charge in [0.2, 0.25) is 5.91 Å². The molecule has 1 N–H and O–H groups in total. The van der Waals surface area contributed by atoms with Crippen LogP contribution in [0.5, 0.6) is 0 Å². The van der Waals surface area contributed by atoms with Crippen molar-refractivity contribution < 1.29 is 4.79 Å². The van der Waals surface area contributed by atoms with Crippen molar-refractivity contribution in [3.63, 3.8) is 0 Å². The van der Waals surface area contributed by atoms with Crippen LogP contribution in [0.1, 0.15) is 33.1 Å². The monoisotopic (exact) mass is 304 g/mol. The highest BCUT2D eigenvalue weighted by atomic mass is 32.2. The van der Waals surface area contributed by atoms with Gasteiger partial charge in [0.05, 0.1) is 0 Å². The first kappa shape index (κ1) is 14.8. The summed E-state index contributed by atoms with van der Waals surface area (Å²) >= 11 is 2.03. The number of hydrogen-bond donors (Lipinski definition) is 1. The molecule has 3 nitrogen and oxygen atoms in total. The van der Waals surface area contributed by atoms with E-state index in [1.165, 1.54) is 12.2 Å². The Morgan fingerprint density at radius 2 is 2.24 bits per heavy atom. The standard InChI is InChI=1S/C17H24N2OS/c1-17(2)8-10-21-12-15(17)18-13-5-3-6-14(11-13)19-9-4-7-16(19)20/h3,5-6,11,15,18H,4,7-10,12H2,1-2H3. The van der Waals surface area contributed by atoms with E-state index >= 15 is 0 Å². The van der Waals surface area contributed by atoms with Crippen LogP contribution in [0.25, 0.3) is 0 Å². The first-order chi connectivity index (χ1) is 10.1. The van der Waals surface area contributed by atoms with E-state index in [4.69, 9.17) is 0 Å². The molecular weight excluding hydrogens is 280 g/mol. The average molecular weight is 304 g/mol. The molecule has 2 heterocycles. The molecule has 2 saturated heterocycles. The van der Waals surface area contributed by atoms with Gasteiger partial charge in [-0.25, -0.2) is 0 Å². The van der Waals surface area contributed by atoms with Gasteiger partial charge < -0.3 is 10.2 Å². The summed E-state index contributed by atoms with van der Waals surface area (Å²) in [6.45, 7) is 5.55. The number of nitrogens with zero attached hydrogens (tertiary/aromatic N) is 1. The Bertz CT molecular complexity index is 529. The van der Waals surface area contributed by atoms with Gasteiger partial charge in [-0.05, 0) is 42.2 Å². The maximum atomic E-state index is 11.9. The van der Waals surface area contributed by atoms with E-state index in [1.54, 1.807) is 0 Å². The summed E-state index contributed by atoms with van der Waals surface area (Å²) < 4.78 is 0. The molecule has 0 aromatic heterocycles. The predicted octanol–water partition coefficient (Wildman–Crippen LogP) is 3.76. The van der Waals surface area contributed by atoms with E-state index in [2.05, 4.69) is 31.3 Å². The van der Waals surface area contributed by atoms with Crippen LogP contribution in [0.3, 0.4) is 0 Å². The summed E-state index contributed by atoms with van der Waals surface area (Å²) in [5, 5.41) is 3.69. The quantitative estimate of drug-likeness (QED) is 0.923. The third-order valence-corrected chi connectivity index (χ3v) is 5.75. The van der Waals surface area contributed by atoms with Gasteiger partial charge in [0.15, 0.2) is 0 Å². The molecule has 0 bridgehead atoms. The average Bonchev–Trinajstić information content (AvgIpc) is 2.88. The molecular formula is C17H24N2OS. The second kappa shape index (κ2) is 5.91. The number of rotatable bonds is 3. The van der Waals surface area contributed by atoms with Gasteiger partial charge in [-0.15, -0.1) is 0 Å². The Morgan fingerprint density at radius 1 is 1.38 bits per heavy atom. The number of amides is 1. The van der Waals surface area contributed by atoms with Crippen molar-refractivity contribution in [1.29, 1.82) is 0 Å². The molecule has 21 heavy (non-hydrogen) atoms. The predicted molar refractivity (Wildman–Crippen MR) is 91.2 cm³/mol. The lowest BCUT2D eigenvalue weighted by Crippen LogP contribution is -2.41. The highest BCUT2D eigenvalue weighted by Gasteiger charge is 2.32. The summed E-state index contributed by atoms with van der Waals surface area (Å²) in [5.74, 6) is 2.66. The molecule has 2 aliphatic heterocycles. The summed E-state index contributed by atoms with van der Waals surface area (Å²) in [6, 6.07) is 8.81. The summed E-state index contributed by atoms with van der Waals surface area (Å²) in [7, 11) is 0. The van der Waals surface area contributed by atoms with E-state index in [1.807, 2.05) is 28.8 Å². The number of hydrogen-bond acceptors (Lipinski definition) is 3. The van der Waals surface area contributed by atoms with Gasteiger partial charge in [0.1, 0.15) is 0 Å². The van der Waals surface area contributed by atoms with Gasteiger partial charge in [-0.3, -0.25) is 4.79 Å². The van der Waals surface area contributed by atoms with Crippen molar-refractivity contribution in [2.24, 2.45) is 5.41 Å². The highest BCUT2D eigenvalue weighted by molar-refractivity contribution is 7.99. The molecule has 3 rings (SSSR count). The first-order valence-corrected chi connectivity index (χ1v) is 8.96. The Kier molecular flexibility index (Phi) is 4.16. The summed E-state index contributed by atoms with van der Waals surface area (Å²) in [6.07, 6.45) is 2.91. The van der Waals surface area contributed by atoms with E-state index in [0.29, 0.717) is 17.9 Å². The Labute approximate surface area is 131 Å². The van der Waals surface area contributed by atoms with Crippen LogP contribution in [0, 0.1) is 5.41 Å². The SMILES string of the molecule is CC1(C)CCSCC1Nc1cccc(N2CCCC2=O)c1. The molecule has 2 fully saturated rings. The lowest BCUT2D eigenvalue weighted by Gasteiger charge is -2.39. The minimum atomic E-state index is 0.251. The Balaban J connectivity index is 1.75. The molecule has 2 aliphatic rings. The Hall–Kier alpha value is -1.16. The van der Waals surface area contributed by atoms with E-state index in [9.17, 15) is 4.79 Å². The van der Waals surface area contributed by atoms with Gasteiger partial charge in [0, 0.05) is 36.1 Å². The number of benzene rings is 1. The zero-order valence-electron chi connectivity index (χ0n) is 12.9. The number of thioether (sulfide) groups is 1. The lowest BCUT2D eigenvalue weighted by atomic mass is 9.82. The van der Waals surface area contributed by atoms with Crippen LogP contribution in [0.2, 0.25) is 0 Å². The fourth-order valence-electron chi connectivity index (χ4n) is 3.06. The van der Waals surface area contributed by atoms with Crippen LogP contribution in [0.15, 0.2) is 24.3 Å². The summed E-state index contributed by atoms with van der Waals surface area (Å²) in [4.78, 5) is 13.8. The Morgan fingerprint density at radius 3 is 2.95 bits per heavy atom. The normalized spacial score (nSPS) is 25.1. The largest absolute Gasteiger partial charge is 0.381 e. The third kappa shape index (κ3) is 3.20. The first-order valence-electron chi connectivity index (χ1n) is 7.81. The van der Waals surface area contributed by atoms with E-state index in [0.717, 1.165) is 30.1 Å². The van der Waals surface area contributed by atoms with Crippen molar-refractivity contribution in [3.8, 4) is 0 Å². The van der Waals surface area contributed by atoms with Gasteiger partial charge in [-0.2, -0.15) is 11.8 Å². The molecule has 0 spiro atoms. The lowest BCUT2D eigenvalue weighted by molar-refractivity contribution is -0.117. The molecule has 0 saturated carbocycles. The van der Waals surface area contributed by atoms with Crippen molar-refractivity contribution in [3.05, 3.63) is 24.3 Å². The van der Waals surface area contributed by atoms with Crippen LogP contribution >= 0.6 is 11.8 Å². The second-order valence-electron chi connectivity index (χ2n) is 6.71. The second-order valence-corrected chi connectivity index (χ2v) is 7.86. The van der Waals surface area contributed by atoms with Crippen molar-refractivity contribution in [2.75, 3.05) is 28.3 Å². The fourth-order valence-corrected chi connectivity index (χ4v) is 4.67. The van der Waals surface area contributed by atoms with Crippen molar-refractivity contribution in [1.82, 2.24) is 0 Å². The number of nitrogens with one attached hydrogen (secondary N) is 1. The molecule has 1 amide bonds. The zero-order valence-corrected chi connectivity index (χ0v) is 13.7. The fraction of sp³-hybridized carbons (Fsp3) is 0.588. The number of carbonyl (C=O) groups excluding carboxylic acids is 1. The number of anilines is 2. The molecule has 1 aromatic carbocycles. The molecule has 4 heteroatoms. The molecule has 0 radical (unpaired) electrons. The van der Waals surface area contributed by atoms with E-state index < -0.39 is 0 Å². The smallest absolute Gasteiger partial charge is 0.227 e.